The van der Waals surface area contributed by atoms with Crippen molar-refractivity contribution < 1.29 is 40.4 Å². The van der Waals surface area contributed by atoms with Crippen LogP contribution in [0.4, 0.5) is 33.3 Å². The molecular formula is C22H25F5N4O4S. The van der Waals surface area contributed by atoms with E-state index in [0.717, 1.165) is 30.4 Å². The molecule has 0 bridgehead atoms. The van der Waals surface area contributed by atoms with E-state index in [4.69, 9.17) is 14.3 Å². The molecule has 1 aromatic carbocycles. The Morgan fingerprint density at radius 3 is 2.53 bits per heavy atom. The number of aromatic nitrogens is 1. The maximum Gasteiger partial charge on any atom is 0.419 e. The van der Waals surface area contributed by atoms with Crippen molar-refractivity contribution in [3.05, 3.63) is 42.1 Å². The van der Waals surface area contributed by atoms with Crippen LogP contribution in [0.2, 0.25) is 0 Å². The molecule has 0 aliphatic carbocycles. The van der Waals surface area contributed by atoms with E-state index < -0.39 is 69.9 Å². The monoisotopic (exact) mass is 536 g/mol. The maximum atomic E-state index is 14.7. The number of methoxy groups -OCH3 is 1. The molecule has 2 heterocycles. The fraction of sp³-hybridized carbons (Fsp3) is 0.455. The van der Waals surface area contributed by atoms with Crippen molar-refractivity contribution in [3.63, 3.8) is 0 Å². The van der Waals surface area contributed by atoms with Gasteiger partial charge in [-0.1, -0.05) is 0 Å². The third kappa shape index (κ3) is 5.38. The minimum absolute atomic E-state index is 0.0395. The molecule has 1 aliphatic rings. The summed E-state index contributed by atoms with van der Waals surface area (Å²) in [6.45, 7) is 2.15. The highest BCUT2D eigenvalue weighted by atomic mass is 32.2. The predicted molar refractivity (Wildman–Crippen MR) is 122 cm³/mol. The molecule has 36 heavy (non-hydrogen) atoms. The van der Waals surface area contributed by atoms with Gasteiger partial charge in [-0.25, -0.2) is 18.4 Å². The van der Waals surface area contributed by atoms with Crippen LogP contribution in [0.15, 0.2) is 35.5 Å². The van der Waals surface area contributed by atoms with E-state index in [1.165, 1.54) is 32.2 Å². The summed E-state index contributed by atoms with van der Waals surface area (Å²) in [4.78, 5) is 18.0. The van der Waals surface area contributed by atoms with Crippen molar-refractivity contribution in [1.82, 2.24) is 4.98 Å². The molecule has 1 saturated heterocycles. The zero-order valence-electron chi connectivity index (χ0n) is 19.8. The molecule has 1 fully saturated rings. The Morgan fingerprint density at radius 1 is 1.31 bits per heavy atom. The van der Waals surface area contributed by atoms with Gasteiger partial charge in [-0.3, -0.25) is 4.79 Å². The van der Waals surface area contributed by atoms with Crippen LogP contribution in [0.5, 0.6) is 5.75 Å². The second-order valence-electron chi connectivity index (χ2n) is 8.64. The highest BCUT2D eigenvalue weighted by Crippen LogP contribution is 2.47. The fourth-order valence-corrected chi connectivity index (χ4v) is 4.46. The first-order chi connectivity index (χ1) is 16.6. The molecule has 1 amide bonds. The Hall–Kier alpha value is -3.00. The van der Waals surface area contributed by atoms with Gasteiger partial charge in [0.2, 0.25) is 11.7 Å². The quantitative estimate of drug-likeness (QED) is 0.510. The molecule has 0 saturated carbocycles. The summed E-state index contributed by atoms with van der Waals surface area (Å²) >= 11 is 0. The highest BCUT2D eigenvalue weighted by Gasteiger charge is 2.63. The number of benzene rings is 1. The Kier molecular flexibility index (Phi) is 7.51. The standard InChI is InChI=1S/C22H25F5N4O4S/c1-12(2)35-19-15(6-5-14(23)18(19)24)31-11-21(34-3,22(25,26)27)10-16(31)20(32)30-13-7-8-29-17(9-13)36(4,28)33/h5-9,12,16,28H,10-11H2,1-4H3,(H,29,30,32)/t16-,21+,36+/m0/s1. The Labute approximate surface area is 204 Å². The lowest BCUT2D eigenvalue weighted by molar-refractivity contribution is -0.261. The van der Waals surface area contributed by atoms with Gasteiger partial charge in [0.05, 0.1) is 28.1 Å². The summed E-state index contributed by atoms with van der Waals surface area (Å²) in [5.74, 6) is -4.24. The minimum Gasteiger partial charge on any atom is -0.486 e. The number of nitrogens with zero attached hydrogens (tertiary/aromatic N) is 2. The Morgan fingerprint density at radius 2 is 1.97 bits per heavy atom. The van der Waals surface area contributed by atoms with Crippen molar-refractivity contribution in [2.45, 2.75) is 49.2 Å². The number of pyridine rings is 1. The molecule has 3 atom stereocenters. The molecule has 8 nitrogen and oxygen atoms in total. The molecule has 3 rings (SSSR count). The first kappa shape index (κ1) is 27.6. The van der Waals surface area contributed by atoms with Crippen LogP contribution in [0.25, 0.3) is 0 Å². The SMILES string of the molecule is CO[C@]1(C(F)(F)F)C[C@@H](C(=O)Nc2ccnc([S@](C)(=N)=O)c2)N(c2ccc(F)c(F)c2OC(C)C)C1. The van der Waals surface area contributed by atoms with Crippen LogP contribution in [0.3, 0.4) is 0 Å². The van der Waals surface area contributed by atoms with Gasteiger partial charge in [0.25, 0.3) is 0 Å². The van der Waals surface area contributed by atoms with Crippen molar-refractivity contribution in [2.75, 3.05) is 30.1 Å². The van der Waals surface area contributed by atoms with E-state index in [2.05, 4.69) is 10.3 Å². The number of halogens is 5. The summed E-state index contributed by atoms with van der Waals surface area (Å²) in [5.41, 5.74) is -3.01. The summed E-state index contributed by atoms with van der Waals surface area (Å²) in [6.07, 6.45) is -4.12. The lowest BCUT2D eigenvalue weighted by Gasteiger charge is -2.31. The number of ether oxygens (including phenoxy) is 2. The number of rotatable bonds is 7. The van der Waals surface area contributed by atoms with Crippen LogP contribution < -0.4 is 15.0 Å². The van der Waals surface area contributed by atoms with Crippen LogP contribution in [-0.2, 0) is 19.3 Å². The molecule has 198 valence electrons. The largest absolute Gasteiger partial charge is 0.486 e. The zero-order chi connectivity index (χ0) is 27.1. The van der Waals surface area contributed by atoms with Gasteiger partial charge >= 0.3 is 6.18 Å². The number of carbonyl (C=O) groups is 1. The number of nitrogens with one attached hydrogen (secondary N) is 2. The predicted octanol–water partition coefficient (Wildman–Crippen LogP) is 4.35. The van der Waals surface area contributed by atoms with Crippen molar-refractivity contribution in [2.24, 2.45) is 0 Å². The average Bonchev–Trinajstić information content (AvgIpc) is 3.18. The van der Waals surface area contributed by atoms with Gasteiger partial charge in [-0.15, -0.1) is 0 Å². The molecule has 1 aliphatic heterocycles. The Balaban J connectivity index is 2.09. The van der Waals surface area contributed by atoms with Gasteiger partial charge in [0.1, 0.15) is 11.1 Å². The van der Waals surface area contributed by atoms with Gasteiger partial charge in [0.15, 0.2) is 17.2 Å². The van der Waals surface area contributed by atoms with Crippen molar-refractivity contribution in [3.8, 4) is 5.75 Å². The van der Waals surface area contributed by atoms with Crippen LogP contribution >= 0.6 is 0 Å². The van der Waals surface area contributed by atoms with E-state index >= 15 is 0 Å². The molecule has 1 aromatic heterocycles. The topological polar surface area (TPSA) is 105 Å². The van der Waals surface area contributed by atoms with E-state index in [1.54, 1.807) is 0 Å². The maximum absolute atomic E-state index is 14.7. The third-order valence-corrected chi connectivity index (χ3v) is 6.65. The number of anilines is 2. The van der Waals surface area contributed by atoms with Crippen LogP contribution in [-0.4, -0.2) is 58.9 Å². The first-order valence-electron chi connectivity index (χ1n) is 10.6. The van der Waals surface area contributed by atoms with Crippen LogP contribution in [0.1, 0.15) is 20.3 Å². The van der Waals surface area contributed by atoms with Gasteiger partial charge in [-0.2, -0.15) is 17.6 Å². The molecule has 2 aromatic rings. The number of hydrogen-bond donors (Lipinski definition) is 2. The lowest BCUT2D eigenvalue weighted by atomic mass is 9.99. The number of hydrogen-bond acceptors (Lipinski definition) is 7. The zero-order valence-corrected chi connectivity index (χ0v) is 20.6. The van der Waals surface area contributed by atoms with E-state index in [0.29, 0.717) is 0 Å². The fourth-order valence-electron chi connectivity index (χ4n) is 3.85. The van der Waals surface area contributed by atoms with E-state index in [1.807, 2.05) is 0 Å². The normalized spacial score (nSPS) is 21.9. The molecule has 2 N–H and O–H groups in total. The Bertz CT molecular complexity index is 1260. The van der Waals surface area contributed by atoms with Gasteiger partial charge in [-0.05, 0) is 38.1 Å². The van der Waals surface area contributed by atoms with Gasteiger partial charge < -0.3 is 19.7 Å². The minimum atomic E-state index is -4.91. The molecule has 0 unspecified atom stereocenters. The lowest BCUT2D eigenvalue weighted by Crippen LogP contribution is -2.49. The van der Waals surface area contributed by atoms with E-state index in [-0.39, 0.29) is 16.4 Å². The number of amides is 1. The summed E-state index contributed by atoms with van der Waals surface area (Å²) in [7, 11) is -2.39. The second-order valence-corrected chi connectivity index (χ2v) is 10.7. The smallest absolute Gasteiger partial charge is 0.419 e. The summed E-state index contributed by atoms with van der Waals surface area (Å²) in [5, 5.41) is 2.29. The molecule has 14 heteroatoms. The van der Waals surface area contributed by atoms with Crippen LogP contribution in [0, 0.1) is 16.4 Å². The highest BCUT2D eigenvalue weighted by molar-refractivity contribution is 7.91. The summed E-state index contributed by atoms with van der Waals surface area (Å²) < 4.78 is 101. The summed E-state index contributed by atoms with van der Waals surface area (Å²) in [6, 6.07) is 2.70. The van der Waals surface area contributed by atoms with Gasteiger partial charge in [0, 0.05) is 31.7 Å². The van der Waals surface area contributed by atoms with Crippen molar-refractivity contribution in [1.29, 1.82) is 4.78 Å². The molecule has 0 spiro atoms. The molecular weight excluding hydrogens is 511 g/mol. The second kappa shape index (κ2) is 9.81. The third-order valence-electron chi connectivity index (χ3n) is 5.63. The molecule has 0 radical (unpaired) electrons. The number of alkyl halides is 3. The van der Waals surface area contributed by atoms with E-state index in [9.17, 15) is 31.0 Å². The average molecular weight is 537 g/mol. The first-order valence-corrected chi connectivity index (χ1v) is 12.6. The van der Waals surface area contributed by atoms with Crippen molar-refractivity contribution >= 4 is 27.0 Å². The number of carbonyl (C=O) groups excluding carboxylic acids is 1.